The van der Waals surface area contributed by atoms with Gasteiger partial charge in [0.25, 0.3) is 0 Å². The molecule has 0 radical (unpaired) electrons. The zero-order chi connectivity index (χ0) is 12.0. The molecule has 0 spiro atoms. The first-order chi connectivity index (χ1) is 7.63. The maximum Gasteiger partial charge on any atom is 0.149 e. The molecule has 0 bridgehead atoms. The Bertz CT molecular complexity index is 317. The summed E-state index contributed by atoms with van der Waals surface area (Å²) < 4.78 is 0. The number of rotatable bonds is 6. The lowest BCUT2D eigenvalue weighted by Crippen LogP contribution is -2.23. The van der Waals surface area contributed by atoms with E-state index in [0.717, 1.165) is 31.1 Å². The molecule has 1 unspecified atom stereocenters. The van der Waals surface area contributed by atoms with E-state index in [0.29, 0.717) is 0 Å². The van der Waals surface area contributed by atoms with Gasteiger partial charge in [0.15, 0.2) is 0 Å². The summed E-state index contributed by atoms with van der Waals surface area (Å²) in [4.78, 5) is 10.5. The first-order valence-electron chi connectivity index (χ1n) is 5.58. The summed E-state index contributed by atoms with van der Waals surface area (Å²) >= 11 is 0. The molecular weight excluding hydrogens is 204 g/mol. The van der Waals surface area contributed by atoms with Crippen LogP contribution in [0.1, 0.15) is 20.3 Å². The molecule has 0 aliphatic rings. The maximum absolute atomic E-state index is 9.21. The van der Waals surface area contributed by atoms with E-state index >= 15 is 0 Å². The highest BCUT2D eigenvalue weighted by atomic mass is 16.3. The zero-order valence-electron chi connectivity index (χ0n) is 10.1. The van der Waals surface area contributed by atoms with Crippen molar-refractivity contribution in [1.82, 2.24) is 9.97 Å². The lowest BCUT2D eigenvalue weighted by Gasteiger charge is -2.19. The number of anilines is 2. The number of aromatic nitrogens is 2. The SMILES string of the molecule is CCNc1cncc(N(C)CCC(C)O)n1. The number of nitrogens with one attached hydrogen (secondary N) is 1. The first kappa shape index (κ1) is 12.7. The van der Waals surface area contributed by atoms with Crippen LogP contribution < -0.4 is 10.2 Å². The molecule has 0 amide bonds. The molecule has 0 saturated carbocycles. The molecule has 16 heavy (non-hydrogen) atoms. The summed E-state index contributed by atoms with van der Waals surface area (Å²) in [6.45, 7) is 5.40. The summed E-state index contributed by atoms with van der Waals surface area (Å²) in [5.41, 5.74) is 0. The maximum atomic E-state index is 9.21. The Kier molecular flexibility index (Phi) is 4.98. The van der Waals surface area contributed by atoms with Crippen LogP contribution in [0.3, 0.4) is 0 Å². The average molecular weight is 224 g/mol. The average Bonchev–Trinajstić information content (AvgIpc) is 2.26. The molecule has 0 aromatic carbocycles. The van der Waals surface area contributed by atoms with Gasteiger partial charge in [-0.1, -0.05) is 0 Å². The van der Waals surface area contributed by atoms with E-state index < -0.39 is 0 Å². The van der Waals surface area contributed by atoms with Crippen molar-refractivity contribution in [3.8, 4) is 0 Å². The Morgan fingerprint density at radius 3 is 2.88 bits per heavy atom. The van der Waals surface area contributed by atoms with Crippen LogP contribution in [0.4, 0.5) is 11.6 Å². The van der Waals surface area contributed by atoms with Gasteiger partial charge in [-0.3, -0.25) is 4.98 Å². The molecule has 0 aliphatic carbocycles. The van der Waals surface area contributed by atoms with E-state index in [2.05, 4.69) is 15.3 Å². The Labute approximate surface area is 96.5 Å². The van der Waals surface area contributed by atoms with Gasteiger partial charge in [0.1, 0.15) is 11.6 Å². The van der Waals surface area contributed by atoms with Crippen LogP contribution in [0.2, 0.25) is 0 Å². The highest BCUT2D eigenvalue weighted by Crippen LogP contribution is 2.11. The summed E-state index contributed by atoms with van der Waals surface area (Å²) in [6, 6.07) is 0. The minimum Gasteiger partial charge on any atom is -0.393 e. The van der Waals surface area contributed by atoms with Gasteiger partial charge in [-0.15, -0.1) is 0 Å². The zero-order valence-corrected chi connectivity index (χ0v) is 10.1. The van der Waals surface area contributed by atoms with Crippen molar-refractivity contribution in [3.63, 3.8) is 0 Å². The van der Waals surface area contributed by atoms with Crippen molar-refractivity contribution < 1.29 is 5.11 Å². The largest absolute Gasteiger partial charge is 0.393 e. The Hall–Kier alpha value is -1.36. The molecule has 90 valence electrons. The van der Waals surface area contributed by atoms with Crippen LogP contribution in [-0.4, -0.2) is 41.3 Å². The minimum atomic E-state index is -0.285. The molecule has 1 aromatic heterocycles. The van der Waals surface area contributed by atoms with Crippen molar-refractivity contribution in [3.05, 3.63) is 12.4 Å². The highest BCUT2D eigenvalue weighted by Gasteiger charge is 2.05. The van der Waals surface area contributed by atoms with Crippen molar-refractivity contribution >= 4 is 11.6 Å². The molecule has 0 fully saturated rings. The Morgan fingerprint density at radius 2 is 2.25 bits per heavy atom. The van der Waals surface area contributed by atoms with Crippen LogP contribution in [0, 0.1) is 0 Å². The van der Waals surface area contributed by atoms with Crippen LogP contribution >= 0.6 is 0 Å². The second kappa shape index (κ2) is 6.27. The number of aliphatic hydroxyl groups excluding tert-OH is 1. The third kappa shape index (κ3) is 4.02. The van der Waals surface area contributed by atoms with Crippen LogP contribution in [0.15, 0.2) is 12.4 Å². The first-order valence-corrected chi connectivity index (χ1v) is 5.58. The molecule has 5 nitrogen and oxygen atoms in total. The lowest BCUT2D eigenvalue weighted by atomic mass is 10.3. The van der Waals surface area contributed by atoms with Crippen molar-refractivity contribution in [1.29, 1.82) is 0 Å². The molecule has 2 N–H and O–H groups in total. The third-order valence-electron chi connectivity index (χ3n) is 2.25. The van der Waals surface area contributed by atoms with Gasteiger partial charge in [0.2, 0.25) is 0 Å². The van der Waals surface area contributed by atoms with Crippen molar-refractivity contribution in [2.45, 2.75) is 26.4 Å². The summed E-state index contributed by atoms with van der Waals surface area (Å²) in [5, 5.41) is 12.3. The Balaban J connectivity index is 2.60. The normalized spacial score (nSPS) is 12.2. The standard InChI is InChI=1S/C11H20N4O/c1-4-13-10-7-12-8-11(14-10)15(3)6-5-9(2)16/h7-9,16H,4-6H2,1-3H3,(H,13,14). The summed E-state index contributed by atoms with van der Waals surface area (Å²) in [6.07, 6.45) is 3.87. The summed E-state index contributed by atoms with van der Waals surface area (Å²) in [5.74, 6) is 1.60. The van der Waals surface area contributed by atoms with E-state index in [4.69, 9.17) is 0 Å². The molecule has 1 rings (SSSR count). The van der Waals surface area contributed by atoms with E-state index in [1.165, 1.54) is 0 Å². The quantitative estimate of drug-likeness (QED) is 0.758. The fourth-order valence-electron chi connectivity index (χ4n) is 1.30. The van der Waals surface area contributed by atoms with E-state index in [9.17, 15) is 5.11 Å². The van der Waals surface area contributed by atoms with Gasteiger partial charge in [0, 0.05) is 20.1 Å². The third-order valence-corrected chi connectivity index (χ3v) is 2.25. The monoisotopic (exact) mass is 224 g/mol. The van der Waals surface area contributed by atoms with Gasteiger partial charge in [0.05, 0.1) is 18.5 Å². The van der Waals surface area contributed by atoms with Gasteiger partial charge < -0.3 is 15.3 Å². The summed E-state index contributed by atoms with van der Waals surface area (Å²) in [7, 11) is 1.95. The van der Waals surface area contributed by atoms with Crippen molar-refractivity contribution in [2.24, 2.45) is 0 Å². The fourth-order valence-corrected chi connectivity index (χ4v) is 1.30. The lowest BCUT2D eigenvalue weighted by molar-refractivity contribution is 0.187. The number of aliphatic hydroxyl groups is 1. The molecule has 1 atom stereocenters. The molecule has 1 heterocycles. The van der Waals surface area contributed by atoms with Crippen LogP contribution in [0.5, 0.6) is 0 Å². The fraction of sp³-hybridized carbons (Fsp3) is 0.636. The van der Waals surface area contributed by atoms with Gasteiger partial charge >= 0.3 is 0 Å². The predicted molar refractivity (Wildman–Crippen MR) is 65.8 cm³/mol. The minimum absolute atomic E-state index is 0.285. The topological polar surface area (TPSA) is 61.3 Å². The van der Waals surface area contributed by atoms with Gasteiger partial charge in [-0.2, -0.15) is 0 Å². The highest BCUT2D eigenvalue weighted by molar-refractivity contribution is 5.42. The Morgan fingerprint density at radius 1 is 1.50 bits per heavy atom. The number of nitrogens with zero attached hydrogens (tertiary/aromatic N) is 3. The smallest absolute Gasteiger partial charge is 0.149 e. The molecule has 0 aliphatic heterocycles. The molecular formula is C11H20N4O. The second-order valence-corrected chi connectivity index (χ2v) is 3.85. The van der Waals surface area contributed by atoms with Crippen LogP contribution in [0.25, 0.3) is 0 Å². The molecule has 5 heteroatoms. The van der Waals surface area contributed by atoms with Crippen LogP contribution in [-0.2, 0) is 0 Å². The van der Waals surface area contributed by atoms with Crippen molar-refractivity contribution in [2.75, 3.05) is 30.4 Å². The van der Waals surface area contributed by atoms with E-state index in [-0.39, 0.29) is 6.10 Å². The van der Waals surface area contributed by atoms with Gasteiger partial charge in [-0.05, 0) is 20.3 Å². The molecule has 1 aromatic rings. The van der Waals surface area contributed by atoms with Gasteiger partial charge in [-0.25, -0.2) is 4.98 Å². The number of hydrogen-bond acceptors (Lipinski definition) is 5. The van der Waals surface area contributed by atoms with E-state index in [1.807, 2.05) is 18.9 Å². The number of hydrogen-bond donors (Lipinski definition) is 2. The second-order valence-electron chi connectivity index (χ2n) is 3.85. The van der Waals surface area contributed by atoms with E-state index in [1.54, 1.807) is 19.3 Å². The molecule has 0 saturated heterocycles. The predicted octanol–water partition coefficient (Wildman–Crippen LogP) is 1.12.